The van der Waals surface area contributed by atoms with E-state index in [0.29, 0.717) is 0 Å². The lowest BCUT2D eigenvalue weighted by Gasteiger charge is -1.77. The SMILES string of the molecule is C=CC=COC.C=COC.CC=COC. The van der Waals surface area contributed by atoms with Gasteiger partial charge in [0.05, 0.1) is 40.1 Å². The van der Waals surface area contributed by atoms with Gasteiger partial charge in [0.25, 0.3) is 0 Å². The van der Waals surface area contributed by atoms with Crippen LogP contribution in [0.25, 0.3) is 0 Å². The van der Waals surface area contributed by atoms with Crippen molar-refractivity contribution in [3.63, 3.8) is 0 Å². The minimum Gasteiger partial charge on any atom is -0.505 e. The van der Waals surface area contributed by atoms with Crippen molar-refractivity contribution in [1.82, 2.24) is 0 Å². The molecular weight excluding hydrogens is 192 g/mol. The fourth-order valence-electron chi connectivity index (χ4n) is 0.270. The van der Waals surface area contributed by atoms with Gasteiger partial charge in [-0.25, -0.2) is 0 Å². The number of allylic oxidation sites excluding steroid dienone is 3. The minimum atomic E-state index is 1.38. The van der Waals surface area contributed by atoms with Gasteiger partial charge in [0.1, 0.15) is 0 Å². The molecule has 0 aliphatic carbocycles. The van der Waals surface area contributed by atoms with E-state index in [1.54, 1.807) is 46.0 Å². The predicted octanol–water partition coefficient (Wildman–Crippen LogP) is 3.28. The minimum absolute atomic E-state index is 1.38. The van der Waals surface area contributed by atoms with Crippen LogP contribution in [0, 0.1) is 0 Å². The molecule has 88 valence electrons. The Morgan fingerprint density at radius 1 is 0.867 bits per heavy atom. The molecule has 0 aromatic carbocycles. The van der Waals surface area contributed by atoms with Crippen LogP contribution in [0.3, 0.4) is 0 Å². The number of hydrogen-bond donors (Lipinski definition) is 0. The quantitative estimate of drug-likeness (QED) is 0.531. The van der Waals surface area contributed by atoms with E-state index < -0.39 is 0 Å². The topological polar surface area (TPSA) is 27.7 Å². The second-order valence-electron chi connectivity index (χ2n) is 1.91. The Hall–Kier alpha value is -1.64. The average molecular weight is 214 g/mol. The van der Waals surface area contributed by atoms with Crippen molar-refractivity contribution in [3.8, 4) is 0 Å². The number of hydrogen-bond acceptors (Lipinski definition) is 3. The zero-order valence-electron chi connectivity index (χ0n) is 10.1. The van der Waals surface area contributed by atoms with Gasteiger partial charge in [-0.05, 0) is 13.0 Å². The van der Waals surface area contributed by atoms with Crippen LogP contribution in [0.15, 0.2) is 50.2 Å². The molecule has 0 saturated heterocycles. The van der Waals surface area contributed by atoms with E-state index in [-0.39, 0.29) is 0 Å². The standard InChI is InChI=1S/C5H8O.C4H8O.C3H6O/c1-3-4-5-6-2;1-3-4-5-2;1-3-4-2/h3-5H,1H2,2H3;3-4H,1-2H3;3H,1H2,2H3. The summed E-state index contributed by atoms with van der Waals surface area (Å²) in [5.41, 5.74) is 0. The van der Waals surface area contributed by atoms with Gasteiger partial charge in [0.15, 0.2) is 0 Å². The summed E-state index contributed by atoms with van der Waals surface area (Å²) >= 11 is 0. The Balaban J connectivity index is -0.000000147. The van der Waals surface area contributed by atoms with Crippen molar-refractivity contribution in [2.24, 2.45) is 0 Å². The van der Waals surface area contributed by atoms with E-state index in [1.165, 1.54) is 6.26 Å². The van der Waals surface area contributed by atoms with Crippen LogP contribution < -0.4 is 0 Å². The first-order chi connectivity index (χ1) is 7.24. The highest BCUT2D eigenvalue weighted by Gasteiger charge is 1.51. The molecule has 15 heavy (non-hydrogen) atoms. The van der Waals surface area contributed by atoms with E-state index in [0.717, 1.165) is 0 Å². The lowest BCUT2D eigenvalue weighted by molar-refractivity contribution is 0.337. The summed E-state index contributed by atoms with van der Waals surface area (Å²) in [5, 5.41) is 0. The van der Waals surface area contributed by atoms with Crippen LogP contribution in [-0.2, 0) is 14.2 Å². The highest BCUT2D eigenvalue weighted by atomic mass is 16.5. The van der Waals surface area contributed by atoms with E-state index in [4.69, 9.17) is 0 Å². The van der Waals surface area contributed by atoms with E-state index in [9.17, 15) is 0 Å². The van der Waals surface area contributed by atoms with Crippen molar-refractivity contribution in [2.75, 3.05) is 21.3 Å². The molecular formula is C12H22O3. The molecule has 0 unspecified atom stereocenters. The van der Waals surface area contributed by atoms with Gasteiger partial charge in [-0.15, -0.1) is 0 Å². The smallest absolute Gasteiger partial charge is 0.0824 e. The normalized spacial score (nSPS) is 8.00. The molecule has 0 saturated carbocycles. The third kappa shape index (κ3) is 69.8. The predicted molar refractivity (Wildman–Crippen MR) is 65.4 cm³/mol. The van der Waals surface area contributed by atoms with Crippen LogP contribution in [0.2, 0.25) is 0 Å². The van der Waals surface area contributed by atoms with Gasteiger partial charge >= 0.3 is 0 Å². The summed E-state index contributed by atoms with van der Waals surface area (Å²) in [4.78, 5) is 0. The summed E-state index contributed by atoms with van der Waals surface area (Å²) in [6, 6.07) is 0. The summed E-state index contributed by atoms with van der Waals surface area (Å²) in [6.07, 6.45) is 9.77. The van der Waals surface area contributed by atoms with Crippen molar-refractivity contribution < 1.29 is 14.2 Å². The van der Waals surface area contributed by atoms with Crippen molar-refractivity contribution >= 4 is 0 Å². The van der Waals surface area contributed by atoms with E-state index in [1.807, 2.05) is 13.0 Å². The van der Waals surface area contributed by atoms with Crippen LogP contribution in [0.5, 0.6) is 0 Å². The summed E-state index contributed by atoms with van der Waals surface area (Å²) in [7, 11) is 4.78. The molecule has 0 aliphatic rings. The average Bonchev–Trinajstić information content (AvgIpc) is 2.28. The first kappa shape index (κ1) is 19.0. The maximum absolute atomic E-state index is 4.53. The Kier molecular flexibility index (Phi) is 37.3. The summed E-state index contributed by atoms with van der Waals surface area (Å²) in [5.74, 6) is 0. The van der Waals surface area contributed by atoms with Crippen molar-refractivity contribution in [3.05, 3.63) is 50.2 Å². The molecule has 0 radical (unpaired) electrons. The van der Waals surface area contributed by atoms with E-state index in [2.05, 4.69) is 27.4 Å². The molecule has 0 N–H and O–H groups in total. The molecule has 0 aromatic heterocycles. The van der Waals surface area contributed by atoms with Crippen LogP contribution >= 0.6 is 0 Å². The summed E-state index contributed by atoms with van der Waals surface area (Å²) in [6.45, 7) is 8.59. The van der Waals surface area contributed by atoms with Gasteiger partial charge in [-0.2, -0.15) is 0 Å². The lowest BCUT2D eigenvalue weighted by atomic mass is 10.6. The Morgan fingerprint density at radius 2 is 1.33 bits per heavy atom. The molecule has 3 heteroatoms. The van der Waals surface area contributed by atoms with Gasteiger partial charge in [0, 0.05) is 0 Å². The van der Waals surface area contributed by atoms with Crippen LogP contribution in [0.4, 0.5) is 0 Å². The highest BCUT2D eigenvalue weighted by molar-refractivity contribution is 4.92. The largest absolute Gasteiger partial charge is 0.505 e. The molecule has 3 nitrogen and oxygen atoms in total. The molecule has 0 fully saturated rings. The zero-order valence-corrected chi connectivity index (χ0v) is 10.1. The zero-order chi connectivity index (χ0) is 12.4. The van der Waals surface area contributed by atoms with Crippen LogP contribution in [0.1, 0.15) is 6.92 Å². The van der Waals surface area contributed by atoms with Gasteiger partial charge in [-0.1, -0.05) is 25.3 Å². The molecule has 0 atom stereocenters. The monoisotopic (exact) mass is 214 g/mol. The third-order valence-electron chi connectivity index (χ3n) is 0.790. The Morgan fingerprint density at radius 3 is 1.40 bits per heavy atom. The highest BCUT2D eigenvalue weighted by Crippen LogP contribution is 1.69. The molecule has 0 spiro atoms. The van der Waals surface area contributed by atoms with Crippen molar-refractivity contribution in [2.45, 2.75) is 6.92 Å². The molecule has 0 aromatic rings. The molecule has 0 bridgehead atoms. The number of rotatable bonds is 4. The second-order valence-corrected chi connectivity index (χ2v) is 1.91. The fraction of sp³-hybridized carbons (Fsp3) is 0.333. The molecule has 0 heterocycles. The van der Waals surface area contributed by atoms with E-state index >= 15 is 0 Å². The van der Waals surface area contributed by atoms with Gasteiger partial charge in [0.2, 0.25) is 0 Å². The van der Waals surface area contributed by atoms with Gasteiger partial charge in [-0.3, -0.25) is 0 Å². The number of ether oxygens (including phenoxy) is 3. The summed E-state index contributed by atoms with van der Waals surface area (Å²) < 4.78 is 13.3. The fourth-order valence-corrected chi connectivity index (χ4v) is 0.270. The number of methoxy groups -OCH3 is 3. The molecule has 0 amide bonds. The van der Waals surface area contributed by atoms with Gasteiger partial charge < -0.3 is 14.2 Å². The Labute approximate surface area is 93.3 Å². The van der Waals surface area contributed by atoms with Crippen LogP contribution in [-0.4, -0.2) is 21.3 Å². The molecule has 0 rings (SSSR count). The first-order valence-electron chi connectivity index (χ1n) is 4.33. The maximum atomic E-state index is 4.53. The molecule has 0 aliphatic heterocycles. The second kappa shape index (κ2) is 29.4. The third-order valence-corrected chi connectivity index (χ3v) is 0.790. The lowest BCUT2D eigenvalue weighted by Crippen LogP contribution is -1.58. The van der Waals surface area contributed by atoms with Crippen molar-refractivity contribution in [1.29, 1.82) is 0 Å². The maximum Gasteiger partial charge on any atom is 0.0824 e. The Bertz CT molecular complexity index is 160. The first-order valence-corrected chi connectivity index (χ1v) is 4.33.